The molecule has 3 aromatic carbocycles. The van der Waals surface area contributed by atoms with Gasteiger partial charge in [-0.3, -0.25) is 4.90 Å². The van der Waals surface area contributed by atoms with Gasteiger partial charge in [0.05, 0.1) is 24.4 Å². The summed E-state index contributed by atoms with van der Waals surface area (Å²) in [6.45, 7) is 5.85. The van der Waals surface area contributed by atoms with Gasteiger partial charge in [0.2, 0.25) is 5.82 Å². The highest BCUT2D eigenvalue weighted by Crippen LogP contribution is 2.39. The van der Waals surface area contributed by atoms with Crippen LogP contribution in [0.4, 0.5) is 14.9 Å². The fourth-order valence-electron chi connectivity index (χ4n) is 4.35. The number of hydrogen-bond acceptors (Lipinski definition) is 5. The Morgan fingerprint density at radius 2 is 1.81 bits per heavy atom. The van der Waals surface area contributed by atoms with Gasteiger partial charge < -0.3 is 14.6 Å². The van der Waals surface area contributed by atoms with Crippen LogP contribution in [-0.2, 0) is 0 Å². The Bertz CT molecular complexity index is 1490. The molecule has 0 bridgehead atoms. The average Bonchev–Trinajstić information content (AvgIpc) is 3.35. The van der Waals surface area contributed by atoms with Gasteiger partial charge in [0.25, 0.3) is 5.89 Å². The third kappa shape index (κ3) is 4.22. The van der Waals surface area contributed by atoms with Crippen molar-refractivity contribution in [3.8, 4) is 17.1 Å². The van der Waals surface area contributed by atoms with Crippen molar-refractivity contribution < 1.29 is 18.4 Å². The maximum Gasteiger partial charge on any atom is 0.327 e. The molecule has 5 rings (SSSR count). The lowest BCUT2D eigenvalue weighted by molar-refractivity contribution is 0.244. The molecule has 1 aliphatic heterocycles. The van der Waals surface area contributed by atoms with E-state index in [-0.39, 0.29) is 11.9 Å². The van der Waals surface area contributed by atoms with Gasteiger partial charge in [-0.15, -0.1) is 0 Å². The number of benzene rings is 3. The van der Waals surface area contributed by atoms with Crippen LogP contribution < -0.4 is 15.0 Å². The van der Waals surface area contributed by atoms with E-state index in [9.17, 15) is 9.18 Å². The topological polar surface area (TPSA) is 80.5 Å². The Labute approximate surface area is 208 Å². The molecule has 0 radical (unpaired) electrons. The van der Waals surface area contributed by atoms with Crippen LogP contribution in [0.1, 0.15) is 35.5 Å². The number of amides is 2. The molecule has 0 saturated carbocycles. The zero-order valence-electron chi connectivity index (χ0n) is 20.4. The molecule has 182 valence electrons. The quantitative estimate of drug-likeness (QED) is 0.365. The van der Waals surface area contributed by atoms with Crippen LogP contribution in [0.5, 0.6) is 5.75 Å². The zero-order valence-corrected chi connectivity index (χ0v) is 20.4. The molecular formula is C28H25FN4O3. The van der Waals surface area contributed by atoms with Gasteiger partial charge in [-0.05, 0) is 67.8 Å². The van der Waals surface area contributed by atoms with Gasteiger partial charge in [0.1, 0.15) is 11.6 Å². The largest absolute Gasteiger partial charge is 0.497 e. The number of urea groups is 1. The van der Waals surface area contributed by atoms with E-state index < -0.39 is 11.9 Å². The first-order chi connectivity index (χ1) is 17.4. The minimum absolute atomic E-state index is 0.259. The van der Waals surface area contributed by atoms with Crippen LogP contribution >= 0.6 is 0 Å². The molecular weight excluding hydrogens is 459 g/mol. The third-order valence-electron chi connectivity index (χ3n) is 6.40. The summed E-state index contributed by atoms with van der Waals surface area (Å²) >= 11 is 0. The number of nitrogens with one attached hydrogen (secondary N) is 1. The summed E-state index contributed by atoms with van der Waals surface area (Å²) < 4.78 is 25.1. The van der Waals surface area contributed by atoms with Gasteiger partial charge in [0.15, 0.2) is 0 Å². The highest BCUT2D eigenvalue weighted by atomic mass is 19.1. The summed E-state index contributed by atoms with van der Waals surface area (Å²) in [6, 6.07) is 18.3. The number of ether oxygens (including phenoxy) is 1. The monoisotopic (exact) mass is 484 g/mol. The van der Waals surface area contributed by atoms with Gasteiger partial charge >= 0.3 is 6.03 Å². The van der Waals surface area contributed by atoms with Crippen LogP contribution in [0.3, 0.4) is 0 Å². The molecule has 36 heavy (non-hydrogen) atoms. The average molecular weight is 485 g/mol. The number of methoxy groups -OCH3 is 1. The fourth-order valence-corrected chi connectivity index (χ4v) is 4.35. The summed E-state index contributed by atoms with van der Waals surface area (Å²) in [5.74, 6) is 0.876. The number of allylic oxidation sites excluding steroid dienone is 1. The van der Waals surface area contributed by atoms with Crippen molar-refractivity contribution in [2.24, 2.45) is 0 Å². The maximum atomic E-state index is 14.0. The van der Waals surface area contributed by atoms with E-state index in [1.807, 2.05) is 56.3 Å². The van der Waals surface area contributed by atoms with Crippen molar-refractivity contribution in [1.82, 2.24) is 15.5 Å². The van der Waals surface area contributed by atoms with Crippen LogP contribution in [-0.4, -0.2) is 23.3 Å². The molecule has 1 unspecified atom stereocenters. The summed E-state index contributed by atoms with van der Waals surface area (Å²) in [7, 11) is 1.59. The molecule has 0 saturated heterocycles. The van der Waals surface area contributed by atoms with Crippen molar-refractivity contribution in [2.75, 3.05) is 12.0 Å². The standard InChI is InChI=1S/C28H25FN4O3/c1-16-11-12-19(13-17(16)2)25-24(18(3)33(28(34)30-25)22-9-6-8-21(29)15-22)27-31-26(32-36-27)20-7-5-10-23(14-20)35-4/h5-15,25H,1-4H3,(H,30,34). The summed E-state index contributed by atoms with van der Waals surface area (Å²) in [6.07, 6.45) is 0. The smallest absolute Gasteiger partial charge is 0.327 e. The lowest BCUT2D eigenvalue weighted by Gasteiger charge is -2.35. The Morgan fingerprint density at radius 3 is 2.56 bits per heavy atom. The predicted octanol–water partition coefficient (Wildman–Crippen LogP) is 6.20. The SMILES string of the molecule is COc1cccc(-c2noc(C3=C(C)N(c4cccc(F)c4)C(=O)NC3c3ccc(C)c(C)c3)n2)c1. The van der Waals surface area contributed by atoms with Crippen LogP contribution in [0, 0.1) is 19.7 Å². The second kappa shape index (κ2) is 9.30. The first-order valence-electron chi connectivity index (χ1n) is 11.5. The Morgan fingerprint density at radius 1 is 1.00 bits per heavy atom. The van der Waals surface area contributed by atoms with E-state index >= 15 is 0 Å². The van der Waals surface area contributed by atoms with Crippen LogP contribution in [0.2, 0.25) is 0 Å². The van der Waals surface area contributed by atoms with E-state index in [0.717, 1.165) is 22.3 Å². The first kappa shape index (κ1) is 23.3. The van der Waals surface area contributed by atoms with Crippen molar-refractivity contribution in [2.45, 2.75) is 26.8 Å². The van der Waals surface area contributed by atoms with Gasteiger partial charge in [-0.1, -0.05) is 41.6 Å². The van der Waals surface area contributed by atoms with Crippen molar-refractivity contribution in [3.63, 3.8) is 0 Å². The fraction of sp³-hybridized carbons (Fsp3) is 0.179. The number of anilines is 1. The second-order valence-corrected chi connectivity index (χ2v) is 8.70. The van der Waals surface area contributed by atoms with E-state index in [2.05, 4.69) is 15.5 Å². The molecule has 7 nitrogen and oxygen atoms in total. The van der Waals surface area contributed by atoms with Gasteiger partial charge in [-0.2, -0.15) is 4.98 Å². The Kier molecular flexibility index (Phi) is 6.01. The lowest BCUT2D eigenvalue weighted by Crippen LogP contribution is -2.46. The van der Waals surface area contributed by atoms with E-state index in [1.165, 1.54) is 17.0 Å². The van der Waals surface area contributed by atoms with E-state index in [4.69, 9.17) is 9.26 Å². The molecule has 4 aromatic rings. The molecule has 0 aliphatic carbocycles. The van der Waals surface area contributed by atoms with Crippen LogP contribution in [0.15, 0.2) is 77.0 Å². The van der Waals surface area contributed by atoms with E-state index in [1.54, 1.807) is 26.2 Å². The first-order valence-corrected chi connectivity index (χ1v) is 11.5. The van der Waals surface area contributed by atoms with Crippen LogP contribution in [0.25, 0.3) is 17.0 Å². The highest BCUT2D eigenvalue weighted by molar-refractivity contribution is 6.01. The number of aryl methyl sites for hydroxylation is 2. The van der Waals surface area contributed by atoms with Crippen molar-refractivity contribution >= 4 is 17.3 Å². The molecule has 1 atom stereocenters. The zero-order chi connectivity index (χ0) is 25.4. The molecule has 1 aliphatic rings. The number of carbonyl (C=O) groups is 1. The van der Waals surface area contributed by atoms with Crippen molar-refractivity contribution in [3.05, 3.63) is 101 Å². The molecule has 1 aromatic heterocycles. The van der Waals surface area contributed by atoms with Gasteiger partial charge in [0, 0.05) is 11.3 Å². The number of aromatic nitrogens is 2. The molecule has 0 spiro atoms. The van der Waals surface area contributed by atoms with E-state index in [0.29, 0.717) is 28.5 Å². The molecule has 0 fully saturated rings. The Hall–Kier alpha value is -4.46. The molecule has 8 heteroatoms. The summed E-state index contributed by atoms with van der Waals surface area (Å²) in [4.78, 5) is 19.4. The number of halogens is 1. The lowest BCUT2D eigenvalue weighted by atomic mass is 9.92. The number of hydrogen-bond donors (Lipinski definition) is 1. The summed E-state index contributed by atoms with van der Waals surface area (Å²) in [5.41, 5.74) is 5.43. The number of carbonyl (C=O) groups excluding carboxylic acids is 1. The third-order valence-corrected chi connectivity index (χ3v) is 6.40. The van der Waals surface area contributed by atoms with Crippen molar-refractivity contribution in [1.29, 1.82) is 0 Å². The second-order valence-electron chi connectivity index (χ2n) is 8.70. The highest BCUT2D eigenvalue weighted by Gasteiger charge is 2.36. The predicted molar refractivity (Wildman–Crippen MR) is 135 cm³/mol. The maximum absolute atomic E-state index is 14.0. The molecule has 2 amide bonds. The molecule has 1 N–H and O–H groups in total. The number of rotatable bonds is 5. The van der Waals surface area contributed by atoms with Gasteiger partial charge in [-0.25, -0.2) is 9.18 Å². The molecule has 2 heterocycles. The Balaban J connectivity index is 1.66. The number of nitrogens with zero attached hydrogens (tertiary/aromatic N) is 3. The normalized spacial score (nSPS) is 15.8. The summed E-state index contributed by atoms with van der Waals surface area (Å²) in [5, 5.41) is 7.25. The minimum Gasteiger partial charge on any atom is -0.497 e. The minimum atomic E-state index is -0.541.